The summed E-state index contributed by atoms with van der Waals surface area (Å²) in [6.45, 7) is 7.78. The molecule has 1 amide bonds. The summed E-state index contributed by atoms with van der Waals surface area (Å²) >= 11 is 0. The van der Waals surface area contributed by atoms with Gasteiger partial charge < -0.3 is 15.4 Å². The molecule has 4 heteroatoms. The Labute approximate surface area is 173 Å². The first-order valence-electron chi connectivity index (χ1n) is 10.1. The molecule has 0 aromatic heterocycles. The second kappa shape index (κ2) is 9.57. The summed E-state index contributed by atoms with van der Waals surface area (Å²) in [4.78, 5) is 11.7. The fourth-order valence-electron chi connectivity index (χ4n) is 3.23. The molecular formula is C25H30N2O2. The zero-order valence-corrected chi connectivity index (χ0v) is 17.5. The van der Waals surface area contributed by atoms with E-state index >= 15 is 0 Å². The van der Waals surface area contributed by atoms with Gasteiger partial charge in [0.15, 0.2) is 0 Å². The number of alkyl carbamates (subject to hydrolysis) is 1. The van der Waals surface area contributed by atoms with E-state index < -0.39 is 11.7 Å². The van der Waals surface area contributed by atoms with Gasteiger partial charge in [-0.2, -0.15) is 0 Å². The van der Waals surface area contributed by atoms with Crippen LogP contribution in [0.25, 0.3) is 10.8 Å². The van der Waals surface area contributed by atoms with Gasteiger partial charge in [-0.15, -0.1) is 0 Å². The van der Waals surface area contributed by atoms with Crippen LogP contribution >= 0.6 is 0 Å². The lowest BCUT2D eigenvalue weighted by atomic mass is 10.0. The Hall–Kier alpha value is -2.85. The molecule has 0 heterocycles. The van der Waals surface area contributed by atoms with Crippen molar-refractivity contribution in [3.8, 4) is 0 Å². The van der Waals surface area contributed by atoms with Gasteiger partial charge in [0.1, 0.15) is 5.60 Å². The van der Waals surface area contributed by atoms with Crippen molar-refractivity contribution >= 4 is 16.9 Å². The van der Waals surface area contributed by atoms with E-state index in [0.717, 1.165) is 25.1 Å². The second-order valence-electron chi connectivity index (χ2n) is 8.24. The molecule has 3 aromatic rings. The van der Waals surface area contributed by atoms with E-state index in [1.807, 2.05) is 32.9 Å². The van der Waals surface area contributed by atoms with Crippen molar-refractivity contribution in [1.82, 2.24) is 10.6 Å². The van der Waals surface area contributed by atoms with Crippen molar-refractivity contribution in [1.29, 1.82) is 0 Å². The molecule has 0 spiro atoms. The quantitative estimate of drug-likeness (QED) is 0.545. The highest BCUT2D eigenvalue weighted by molar-refractivity contribution is 5.85. The molecule has 0 fully saturated rings. The molecule has 4 nitrogen and oxygen atoms in total. The van der Waals surface area contributed by atoms with Gasteiger partial charge in [-0.1, -0.05) is 66.7 Å². The van der Waals surface area contributed by atoms with Gasteiger partial charge in [0.2, 0.25) is 0 Å². The lowest BCUT2D eigenvalue weighted by molar-refractivity contribution is 0.0523. The molecule has 0 bridgehead atoms. The molecule has 0 saturated heterocycles. The van der Waals surface area contributed by atoms with Crippen LogP contribution in [0.1, 0.15) is 37.5 Å². The molecule has 0 radical (unpaired) electrons. The lowest BCUT2D eigenvalue weighted by Crippen LogP contribution is -2.32. The maximum atomic E-state index is 11.7. The average Bonchev–Trinajstić information content (AvgIpc) is 2.69. The SMILES string of the molecule is CC(C)(C)OC(=O)NCc1ccc(CNCCc2cccc3ccccc23)cc1. The summed E-state index contributed by atoms with van der Waals surface area (Å²) in [6.07, 6.45) is 0.607. The minimum absolute atomic E-state index is 0.392. The van der Waals surface area contributed by atoms with E-state index in [-0.39, 0.29) is 0 Å². The Bertz CT molecular complexity index is 938. The topological polar surface area (TPSA) is 50.4 Å². The molecule has 0 saturated carbocycles. The molecule has 0 aliphatic heterocycles. The van der Waals surface area contributed by atoms with Crippen molar-refractivity contribution in [3.63, 3.8) is 0 Å². The third kappa shape index (κ3) is 6.61. The number of benzene rings is 3. The minimum atomic E-state index is -0.481. The number of nitrogens with one attached hydrogen (secondary N) is 2. The van der Waals surface area contributed by atoms with Crippen LogP contribution in [0.5, 0.6) is 0 Å². The second-order valence-corrected chi connectivity index (χ2v) is 8.24. The molecule has 152 valence electrons. The average molecular weight is 391 g/mol. The Morgan fingerprint density at radius 2 is 1.52 bits per heavy atom. The summed E-state index contributed by atoms with van der Waals surface area (Å²) in [5.74, 6) is 0. The normalized spacial score (nSPS) is 11.4. The number of hydrogen-bond acceptors (Lipinski definition) is 3. The minimum Gasteiger partial charge on any atom is -0.444 e. The van der Waals surface area contributed by atoms with Gasteiger partial charge in [-0.05, 0) is 61.2 Å². The van der Waals surface area contributed by atoms with Crippen molar-refractivity contribution in [2.24, 2.45) is 0 Å². The Kier molecular flexibility index (Phi) is 6.89. The molecular weight excluding hydrogens is 360 g/mol. The lowest BCUT2D eigenvalue weighted by Gasteiger charge is -2.19. The maximum Gasteiger partial charge on any atom is 0.407 e. The van der Waals surface area contributed by atoms with E-state index in [9.17, 15) is 4.79 Å². The number of fused-ring (bicyclic) bond motifs is 1. The van der Waals surface area contributed by atoms with Crippen LogP contribution in [-0.4, -0.2) is 18.2 Å². The largest absolute Gasteiger partial charge is 0.444 e. The fraction of sp³-hybridized carbons (Fsp3) is 0.320. The molecule has 0 aliphatic carbocycles. The predicted molar refractivity (Wildman–Crippen MR) is 119 cm³/mol. The standard InChI is InChI=1S/C25H30N2O2/c1-25(2,3)29-24(28)27-18-20-13-11-19(12-14-20)17-26-16-15-22-9-6-8-21-7-4-5-10-23(21)22/h4-14,26H,15-18H2,1-3H3,(H,27,28). The monoisotopic (exact) mass is 390 g/mol. The van der Waals surface area contributed by atoms with Gasteiger partial charge in [0.25, 0.3) is 0 Å². The van der Waals surface area contributed by atoms with Gasteiger partial charge in [0.05, 0.1) is 0 Å². The van der Waals surface area contributed by atoms with Gasteiger partial charge in [0, 0.05) is 13.1 Å². The summed E-state index contributed by atoms with van der Waals surface area (Å²) in [5, 5.41) is 8.93. The van der Waals surface area contributed by atoms with Crippen LogP contribution in [0.15, 0.2) is 66.7 Å². The molecule has 29 heavy (non-hydrogen) atoms. The number of hydrogen-bond donors (Lipinski definition) is 2. The zero-order valence-electron chi connectivity index (χ0n) is 17.5. The molecule has 2 N–H and O–H groups in total. The van der Waals surface area contributed by atoms with Gasteiger partial charge >= 0.3 is 6.09 Å². The summed E-state index contributed by atoms with van der Waals surface area (Å²) in [5.41, 5.74) is 3.17. The predicted octanol–water partition coefficient (Wildman–Crippen LogP) is 5.20. The number of carbonyl (C=O) groups excluding carboxylic acids is 1. The number of ether oxygens (including phenoxy) is 1. The van der Waals surface area contributed by atoms with E-state index in [1.54, 1.807) is 0 Å². The van der Waals surface area contributed by atoms with Crippen LogP contribution in [0.4, 0.5) is 4.79 Å². The van der Waals surface area contributed by atoms with E-state index in [2.05, 4.69) is 65.2 Å². The molecule has 0 atom stereocenters. The molecule has 0 aliphatic rings. The highest BCUT2D eigenvalue weighted by atomic mass is 16.6. The van der Waals surface area contributed by atoms with Crippen LogP contribution in [0.2, 0.25) is 0 Å². The highest BCUT2D eigenvalue weighted by Gasteiger charge is 2.15. The van der Waals surface area contributed by atoms with Crippen LogP contribution in [-0.2, 0) is 24.2 Å². The number of rotatable bonds is 7. The Morgan fingerprint density at radius 1 is 0.862 bits per heavy atom. The Morgan fingerprint density at radius 3 is 2.24 bits per heavy atom. The molecule has 0 unspecified atom stereocenters. The fourth-order valence-corrected chi connectivity index (χ4v) is 3.23. The van der Waals surface area contributed by atoms with Gasteiger partial charge in [-0.25, -0.2) is 4.79 Å². The first kappa shape index (κ1) is 20.9. The van der Waals surface area contributed by atoms with Crippen molar-refractivity contribution in [2.45, 2.75) is 45.9 Å². The third-order valence-electron chi connectivity index (χ3n) is 4.64. The maximum absolute atomic E-state index is 11.7. The van der Waals surface area contributed by atoms with Crippen LogP contribution in [0.3, 0.4) is 0 Å². The van der Waals surface area contributed by atoms with Crippen molar-refractivity contribution in [2.75, 3.05) is 6.54 Å². The first-order valence-corrected chi connectivity index (χ1v) is 10.1. The first-order chi connectivity index (χ1) is 13.9. The van der Waals surface area contributed by atoms with Crippen molar-refractivity contribution in [3.05, 3.63) is 83.4 Å². The van der Waals surface area contributed by atoms with Crippen LogP contribution in [0, 0.1) is 0 Å². The van der Waals surface area contributed by atoms with Crippen molar-refractivity contribution < 1.29 is 9.53 Å². The van der Waals surface area contributed by atoms with Gasteiger partial charge in [-0.3, -0.25) is 0 Å². The van der Waals surface area contributed by atoms with E-state index in [1.165, 1.54) is 21.9 Å². The number of amides is 1. The van der Waals surface area contributed by atoms with E-state index in [4.69, 9.17) is 4.74 Å². The van der Waals surface area contributed by atoms with Crippen LogP contribution < -0.4 is 10.6 Å². The zero-order chi connectivity index (χ0) is 20.7. The third-order valence-corrected chi connectivity index (χ3v) is 4.64. The molecule has 3 rings (SSSR count). The number of carbonyl (C=O) groups is 1. The highest BCUT2D eigenvalue weighted by Crippen LogP contribution is 2.18. The summed E-state index contributed by atoms with van der Waals surface area (Å²) < 4.78 is 5.25. The Balaban J connectivity index is 1.43. The summed E-state index contributed by atoms with van der Waals surface area (Å²) in [7, 11) is 0. The molecule has 3 aromatic carbocycles. The van der Waals surface area contributed by atoms with E-state index in [0.29, 0.717) is 6.54 Å². The summed E-state index contributed by atoms with van der Waals surface area (Å²) in [6, 6.07) is 23.3. The smallest absolute Gasteiger partial charge is 0.407 e.